The van der Waals surface area contributed by atoms with Crippen LogP contribution in [0.5, 0.6) is 0 Å². The summed E-state index contributed by atoms with van der Waals surface area (Å²) in [6.45, 7) is 3.88. The zero-order chi connectivity index (χ0) is 20.5. The minimum Gasteiger partial charge on any atom is -0.453 e. The Kier molecular flexibility index (Phi) is 8.26. The third-order valence-electron chi connectivity index (χ3n) is 4.23. The van der Waals surface area contributed by atoms with E-state index < -0.39 is 12.1 Å². The Morgan fingerprint density at radius 2 is 1.64 bits per heavy atom. The van der Waals surface area contributed by atoms with E-state index in [0.29, 0.717) is 12.1 Å². The molecule has 0 heterocycles. The van der Waals surface area contributed by atoms with Gasteiger partial charge >= 0.3 is 5.97 Å². The van der Waals surface area contributed by atoms with Crippen LogP contribution in [0.2, 0.25) is 0 Å². The number of carbonyl (C=O) groups excluding carboxylic acids is 3. The SMILES string of the molecule is CSc1ccc(C(=O)CCC(=O)O[C@H](C)C(=O)NCc2ccc(C)cc2)cc1. The molecule has 0 aromatic heterocycles. The van der Waals surface area contributed by atoms with Crippen LogP contribution >= 0.6 is 11.8 Å². The summed E-state index contributed by atoms with van der Waals surface area (Å²) in [7, 11) is 0. The second kappa shape index (κ2) is 10.7. The average Bonchev–Trinajstić information content (AvgIpc) is 2.71. The smallest absolute Gasteiger partial charge is 0.307 e. The molecule has 6 heteroatoms. The molecule has 5 nitrogen and oxygen atoms in total. The van der Waals surface area contributed by atoms with Gasteiger partial charge in [-0.3, -0.25) is 14.4 Å². The normalized spacial score (nSPS) is 11.5. The van der Waals surface area contributed by atoms with Gasteiger partial charge < -0.3 is 10.1 Å². The molecule has 0 radical (unpaired) electrons. The van der Waals surface area contributed by atoms with Gasteiger partial charge in [0.25, 0.3) is 5.91 Å². The molecule has 1 N–H and O–H groups in total. The van der Waals surface area contributed by atoms with Gasteiger partial charge in [-0.1, -0.05) is 42.0 Å². The Hall–Kier alpha value is -2.60. The van der Waals surface area contributed by atoms with Crippen LogP contribution < -0.4 is 5.32 Å². The Balaban J connectivity index is 1.73. The van der Waals surface area contributed by atoms with E-state index in [9.17, 15) is 14.4 Å². The van der Waals surface area contributed by atoms with Gasteiger partial charge in [0.1, 0.15) is 0 Å². The lowest BCUT2D eigenvalue weighted by Crippen LogP contribution is -2.35. The van der Waals surface area contributed by atoms with Crippen LogP contribution in [0.4, 0.5) is 0 Å². The lowest BCUT2D eigenvalue weighted by atomic mass is 10.1. The van der Waals surface area contributed by atoms with Gasteiger partial charge in [-0.25, -0.2) is 0 Å². The average molecular weight is 400 g/mol. The number of ether oxygens (including phenoxy) is 1. The van der Waals surface area contributed by atoms with Crippen LogP contribution in [-0.4, -0.2) is 30.0 Å². The molecule has 2 rings (SSSR count). The summed E-state index contributed by atoms with van der Waals surface area (Å²) in [6.07, 6.45) is 1.05. The lowest BCUT2D eigenvalue weighted by molar-refractivity contribution is -0.154. The number of Topliss-reactive ketones (excluding diaryl/α,β-unsaturated/α-hetero) is 1. The van der Waals surface area contributed by atoms with E-state index in [4.69, 9.17) is 4.74 Å². The van der Waals surface area contributed by atoms with Gasteiger partial charge in [-0.05, 0) is 37.8 Å². The van der Waals surface area contributed by atoms with E-state index in [1.54, 1.807) is 23.9 Å². The van der Waals surface area contributed by atoms with E-state index in [2.05, 4.69) is 5.32 Å². The third-order valence-corrected chi connectivity index (χ3v) is 4.98. The van der Waals surface area contributed by atoms with Crippen LogP contribution in [-0.2, 0) is 20.9 Å². The Morgan fingerprint density at radius 1 is 1.00 bits per heavy atom. The maximum Gasteiger partial charge on any atom is 0.307 e. The number of thioether (sulfide) groups is 1. The molecule has 0 bridgehead atoms. The lowest BCUT2D eigenvalue weighted by Gasteiger charge is -2.13. The quantitative estimate of drug-likeness (QED) is 0.393. The molecule has 28 heavy (non-hydrogen) atoms. The zero-order valence-corrected chi connectivity index (χ0v) is 17.2. The molecule has 0 saturated carbocycles. The molecule has 148 valence electrons. The molecule has 2 aromatic carbocycles. The zero-order valence-electron chi connectivity index (χ0n) is 16.4. The highest BCUT2D eigenvalue weighted by atomic mass is 32.2. The van der Waals surface area contributed by atoms with Crippen molar-refractivity contribution >= 4 is 29.4 Å². The summed E-state index contributed by atoms with van der Waals surface area (Å²) in [4.78, 5) is 37.3. The Bertz CT molecular complexity index is 815. The molecular weight excluding hydrogens is 374 g/mol. The van der Waals surface area contributed by atoms with Gasteiger partial charge in [0.05, 0.1) is 6.42 Å². The largest absolute Gasteiger partial charge is 0.453 e. The van der Waals surface area contributed by atoms with Crippen molar-refractivity contribution in [1.29, 1.82) is 0 Å². The minimum absolute atomic E-state index is 0.0507. The Morgan fingerprint density at radius 3 is 2.25 bits per heavy atom. The van der Waals surface area contributed by atoms with Crippen molar-refractivity contribution in [1.82, 2.24) is 5.32 Å². The molecule has 0 aliphatic rings. The molecule has 2 aromatic rings. The van der Waals surface area contributed by atoms with Gasteiger partial charge in [-0.2, -0.15) is 0 Å². The van der Waals surface area contributed by atoms with Crippen molar-refractivity contribution in [2.24, 2.45) is 0 Å². The number of esters is 1. The fourth-order valence-corrected chi connectivity index (χ4v) is 2.89. The van der Waals surface area contributed by atoms with Crippen LogP contribution in [0.15, 0.2) is 53.4 Å². The first-order valence-corrected chi connectivity index (χ1v) is 10.3. The highest BCUT2D eigenvalue weighted by Crippen LogP contribution is 2.16. The number of amides is 1. The highest BCUT2D eigenvalue weighted by Gasteiger charge is 2.18. The van der Waals surface area contributed by atoms with E-state index >= 15 is 0 Å². The van der Waals surface area contributed by atoms with Gasteiger partial charge in [0.15, 0.2) is 11.9 Å². The first kappa shape index (κ1) is 21.7. The second-order valence-electron chi connectivity index (χ2n) is 6.49. The maximum absolute atomic E-state index is 12.2. The van der Waals surface area contributed by atoms with Crippen molar-refractivity contribution in [2.75, 3.05) is 6.26 Å². The number of ketones is 1. The van der Waals surface area contributed by atoms with Crippen LogP contribution in [0.3, 0.4) is 0 Å². The van der Waals surface area contributed by atoms with Crippen LogP contribution in [0, 0.1) is 6.92 Å². The molecule has 0 aliphatic heterocycles. The number of hydrogen-bond donors (Lipinski definition) is 1. The highest BCUT2D eigenvalue weighted by molar-refractivity contribution is 7.98. The maximum atomic E-state index is 12.2. The number of nitrogens with one attached hydrogen (secondary N) is 1. The van der Waals surface area contributed by atoms with Gasteiger partial charge in [0.2, 0.25) is 0 Å². The summed E-state index contributed by atoms with van der Waals surface area (Å²) in [6, 6.07) is 15.1. The van der Waals surface area contributed by atoms with E-state index in [0.717, 1.165) is 16.0 Å². The van der Waals surface area contributed by atoms with Crippen molar-refractivity contribution in [3.63, 3.8) is 0 Å². The van der Waals surface area contributed by atoms with Crippen molar-refractivity contribution < 1.29 is 19.1 Å². The summed E-state index contributed by atoms with van der Waals surface area (Å²) in [5.74, 6) is -1.05. The predicted molar refractivity (Wildman–Crippen MR) is 110 cm³/mol. The predicted octanol–water partition coefficient (Wildman–Crippen LogP) is 3.93. The van der Waals surface area contributed by atoms with Crippen molar-refractivity contribution in [3.05, 3.63) is 65.2 Å². The van der Waals surface area contributed by atoms with Crippen molar-refractivity contribution in [2.45, 2.75) is 44.2 Å². The molecule has 0 fully saturated rings. The number of benzene rings is 2. The minimum atomic E-state index is -0.908. The number of carbonyl (C=O) groups is 3. The first-order valence-electron chi connectivity index (χ1n) is 9.09. The molecule has 0 saturated heterocycles. The number of aryl methyl sites for hydroxylation is 1. The molecule has 0 spiro atoms. The topological polar surface area (TPSA) is 72.5 Å². The number of hydrogen-bond acceptors (Lipinski definition) is 5. The van der Waals surface area contributed by atoms with Gasteiger partial charge in [-0.15, -0.1) is 11.8 Å². The van der Waals surface area contributed by atoms with E-state index in [-0.39, 0.29) is 24.5 Å². The Labute approximate surface area is 169 Å². The monoisotopic (exact) mass is 399 g/mol. The molecule has 1 atom stereocenters. The first-order chi connectivity index (χ1) is 13.4. The fourth-order valence-electron chi connectivity index (χ4n) is 2.49. The molecule has 0 unspecified atom stereocenters. The summed E-state index contributed by atoms with van der Waals surface area (Å²) < 4.78 is 5.14. The van der Waals surface area contributed by atoms with Crippen molar-refractivity contribution in [3.8, 4) is 0 Å². The summed E-state index contributed by atoms with van der Waals surface area (Å²) >= 11 is 1.60. The summed E-state index contributed by atoms with van der Waals surface area (Å²) in [5.41, 5.74) is 2.68. The standard InChI is InChI=1S/C22H25NO4S/c1-15-4-6-17(7-5-15)14-23-22(26)16(2)27-21(25)13-12-20(24)18-8-10-19(28-3)11-9-18/h4-11,16H,12-14H2,1-3H3,(H,23,26)/t16-/m1/s1. The molecular formula is C22H25NO4S. The van der Waals surface area contributed by atoms with E-state index in [1.165, 1.54) is 6.92 Å². The fraction of sp³-hybridized carbons (Fsp3) is 0.318. The van der Waals surface area contributed by atoms with Crippen LogP contribution in [0.25, 0.3) is 0 Å². The molecule has 1 amide bonds. The summed E-state index contributed by atoms with van der Waals surface area (Å²) in [5, 5.41) is 2.74. The number of rotatable bonds is 9. The molecule has 0 aliphatic carbocycles. The van der Waals surface area contributed by atoms with E-state index in [1.807, 2.05) is 49.6 Å². The second-order valence-corrected chi connectivity index (χ2v) is 7.37. The van der Waals surface area contributed by atoms with Crippen LogP contribution in [0.1, 0.15) is 41.3 Å². The van der Waals surface area contributed by atoms with Gasteiger partial charge in [0, 0.05) is 23.4 Å². The third kappa shape index (κ3) is 6.85.